The molecular weight excluding hydrogens is 154 g/mol. The van der Waals surface area contributed by atoms with Crippen LogP contribution in [0.4, 0.5) is 0 Å². The van der Waals surface area contributed by atoms with Crippen LogP contribution in [-0.4, -0.2) is 24.5 Å². The Morgan fingerprint density at radius 2 is 2.25 bits per heavy atom. The van der Waals surface area contributed by atoms with Crippen molar-refractivity contribution >= 4 is 5.78 Å². The Morgan fingerprint density at radius 1 is 1.58 bits per heavy atom. The average molecular weight is 171 g/mol. The number of ether oxygens (including phenoxy) is 1. The molecule has 0 aromatic heterocycles. The van der Waals surface area contributed by atoms with Gasteiger partial charge in [-0.3, -0.25) is 4.79 Å². The van der Waals surface area contributed by atoms with Crippen LogP contribution in [0.25, 0.3) is 0 Å². The fourth-order valence-electron chi connectivity index (χ4n) is 1.47. The molecule has 0 atom stereocenters. The Kier molecular flexibility index (Phi) is 3.23. The zero-order chi connectivity index (χ0) is 9.03. The summed E-state index contributed by atoms with van der Waals surface area (Å²) in [5.41, 5.74) is 5.71. The van der Waals surface area contributed by atoms with E-state index in [4.69, 9.17) is 10.5 Å². The quantitative estimate of drug-likeness (QED) is 0.667. The van der Waals surface area contributed by atoms with E-state index in [9.17, 15) is 4.79 Å². The molecule has 0 saturated heterocycles. The van der Waals surface area contributed by atoms with Crippen LogP contribution in [0, 0.1) is 0 Å². The highest BCUT2D eigenvalue weighted by atomic mass is 16.5. The summed E-state index contributed by atoms with van der Waals surface area (Å²) in [4.78, 5) is 11.2. The number of carbonyl (C=O) groups excluding carboxylic acids is 1. The van der Waals surface area contributed by atoms with Crippen molar-refractivity contribution in [2.45, 2.75) is 38.1 Å². The molecule has 1 aliphatic carbocycles. The van der Waals surface area contributed by atoms with Crippen LogP contribution in [-0.2, 0) is 9.53 Å². The third kappa shape index (κ3) is 2.57. The first-order chi connectivity index (χ1) is 5.66. The van der Waals surface area contributed by atoms with Crippen LogP contribution >= 0.6 is 0 Å². The van der Waals surface area contributed by atoms with Gasteiger partial charge in [0.05, 0.1) is 0 Å². The van der Waals surface area contributed by atoms with E-state index in [2.05, 4.69) is 0 Å². The van der Waals surface area contributed by atoms with Gasteiger partial charge in [-0.05, 0) is 26.2 Å². The standard InChI is InChI=1S/C9H17NO2/c1-2-12-7-8(11)6-9(10)4-3-5-9/h2-7,10H2,1H3. The number of ketones is 1. The molecule has 0 aromatic rings. The van der Waals surface area contributed by atoms with E-state index in [1.165, 1.54) is 6.42 Å². The van der Waals surface area contributed by atoms with Crippen molar-refractivity contribution in [3.05, 3.63) is 0 Å². The molecule has 1 saturated carbocycles. The van der Waals surface area contributed by atoms with Crippen LogP contribution in [0.5, 0.6) is 0 Å². The van der Waals surface area contributed by atoms with E-state index >= 15 is 0 Å². The molecule has 2 N–H and O–H groups in total. The smallest absolute Gasteiger partial charge is 0.160 e. The summed E-state index contributed by atoms with van der Waals surface area (Å²) in [5, 5.41) is 0. The third-order valence-electron chi connectivity index (χ3n) is 2.37. The summed E-state index contributed by atoms with van der Waals surface area (Å²) >= 11 is 0. The molecule has 1 aliphatic rings. The molecule has 0 aromatic carbocycles. The summed E-state index contributed by atoms with van der Waals surface area (Å²) in [6.45, 7) is 2.72. The van der Waals surface area contributed by atoms with Crippen LogP contribution in [0.2, 0.25) is 0 Å². The number of carbonyl (C=O) groups is 1. The zero-order valence-corrected chi connectivity index (χ0v) is 7.64. The Bertz CT molecular complexity index is 164. The van der Waals surface area contributed by atoms with Crippen molar-refractivity contribution in [2.75, 3.05) is 13.2 Å². The first-order valence-corrected chi connectivity index (χ1v) is 4.55. The largest absolute Gasteiger partial charge is 0.374 e. The van der Waals surface area contributed by atoms with E-state index in [1.54, 1.807) is 0 Å². The molecule has 0 spiro atoms. The van der Waals surface area contributed by atoms with Gasteiger partial charge in [-0.1, -0.05) is 0 Å². The lowest BCUT2D eigenvalue weighted by atomic mass is 9.74. The SMILES string of the molecule is CCOCC(=O)CC1(N)CCC1. The number of hydrogen-bond donors (Lipinski definition) is 1. The number of nitrogens with two attached hydrogens (primary N) is 1. The maximum absolute atomic E-state index is 11.2. The average Bonchev–Trinajstić information content (AvgIpc) is 1.98. The first kappa shape index (κ1) is 9.68. The van der Waals surface area contributed by atoms with Crippen LogP contribution in [0.3, 0.4) is 0 Å². The fraction of sp³-hybridized carbons (Fsp3) is 0.889. The lowest BCUT2D eigenvalue weighted by Crippen LogP contribution is -2.48. The van der Waals surface area contributed by atoms with E-state index in [-0.39, 0.29) is 17.9 Å². The Morgan fingerprint density at radius 3 is 2.67 bits per heavy atom. The number of Topliss-reactive ketones (excluding diaryl/α,β-unsaturated/α-hetero) is 1. The molecule has 3 nitrogen and oxygen atoms in total. The van der Waals surface area contributed by atoms with Gasteiger partial charge in [0.25, 0.3) is 0 Å². The van der Waals surface area contributed by atoms with Crippen molar-refractivity contribution in [2.24, 2.45) is 5.73 Å². The highest BCUT2D eigenvalue weighted by Gasteiger charge is 2.34. The van der Waals surface area contributed by atoms with Gasteiger partial charge in [0, 0.05) is 18.6 Å². The summed E-state index contributed by atoms with van der Waals surface area (Å²) in [6.07, 6.45) is 3.64. The second-order valence-electron chi connectivity index (χ2n) is 3.57. The van der Waals surface area contributed by atoms with Gasteiger partial charge in [-0.25, -0.2) is 0 Å². The van der Waals surface area contributed by atoms with E-state index in [0.29, 0.717) is 13.0 Å². The summed E-state index contributed by atoms with van der Waals surface area (Å²) in [6, 6.07) is 0. The van der Waals surface area contributed by atoms with E-state index in [1.807, 2.05) is 6.92 Å². The lowest BCUT2D eigenvalue weighted by Gasteiger charge is -2.37. The van der Waals surface area contributed by atoms with Gasteiger partial charge < -0.3 is 10.5 Å². The highest BCUT2D eigenvalue weighted by Crippen LogP contribution is 2.32. The minimum atomic E-state index is -0.186. The molecule has 3 heteroatoms. The minimum absolute atomic E-state index is 0.138. The minimum Gasteiger partial charge on any atom is -0.374 e. The Hall–Kier alpha value is -0.410. The first-order valence-electron chi connectivity index (χ1n) is 4.55. The molecule has 0 bridgehead atoms. The molecule has 0 aliphatic heterocycles. The fourth-order valence-corrected chi connectivity index (χ4v) is 1.47. The predicted molar refractivity (Wildman–Crippen MR) is 46.9 cm³/mol. The molecule has 12 heavy (non-hydrogen) atoms. The van der Waals surface area contributed by atoms with E-state index < -0.39 is 0 Å². The number of rotatable bonds is 5. The zero-order valence-electron chi connectivity index (χ0n) is 7.64. The molecule has 0 heterocycles. The van der Waals surface area contributed by atoms with Gasteiger partial charge >= 0.3 is 0 Å². The third-order valence-corrected chi connectivity index (χ3v) is 2.37. The molecule has 1 fully saturated rings. The Balaban J connectivity index is 2.16. The second kappa shape index (κ2) is 4.01. The predicted octanol–water partition coefficient (Wildman–Crippen LogP) is 0.864. The molecule has 70 valence electrons. The molecule has 0 unspecified atom stereocenters. The molecule has 0 radical (unpaired) electrons. The van der Waals surface area contributed by atoms with Crippen molar-refractivity contribution in [3.8, 4) is 0 Å². The topological polar surface area (TPSA) is 52.3 Å². The van der Waals surface area contributed by atoms with Crippen molar-refractivity contribution < 1.29 is 9.53 Å². The van der Waals surface area contributed by atoms with Gasteiger partial charge in [-0.2, -0.15) is 0 Å². The second-order valence-corrected chi connectivity index (χ2v) is 3.57. The van der Waals surface area contributed by atoms with Crippen molar-refractivity contribution in [3.63, 3.8) is 0 Å². The molecule has 1 rings (SSSR count). The lowest BCUT2D eigenvalue weighted by molar-refractivity contribution is -0.125. The van der Waals surface area contributed by atoms with E-state index in [0.717, 1.165) is 12.8 Å². The summed E-state index contributed by atoms with van der Waals surface area (Å²) in [5.74, 6) is 0.138. The normalized spacial score (nSPS) is 20.2. The molecule has 0 amide bonds. The van der Waals surface area contributed by atoms with Gasteiger partial charge in [0.1, 0.15) is 6.61 Å². The van der Waals surface area contributed by atoms with Crippen LogP contribution in [0.15, 0.2) is 0 Å². The summed E-state index contributed by atoms with van der Waals surface area (Å²) in [7, 11) is 0. The van der Waals surface area contributed by atoms with Gasteiger partial charge in [0.2, 0.25) is 0 Å². The Labute approximate surface area is 73.3 Å². The number of hydrogen-bond acceptors (Lipinski definition) is 3. The molecular formula is C9H17NO2. The monoisotopic (exact) mass is 171 g/mol. The van der Waals surface area contributed by atoms with Crippen molar-refractivity contribution in [1.82, 2.24) is 0 Å². The maximum atomic E-state index is 11.2. The maximum Gasteiger partial charge on any atom is 0.160 e. The summed E-state index contributed by atoms with van der Waals surface area (Å²) < 4.78 is 5.00. The highest BCUT2D eigenvalue weighted by molar-refractivity contribution is 5.81. The van der Waals surface area contributed by atoms with Crippen molar-refractivity contribution in [1.29, 1.82) is 0 Å². The van der Waals surface area contributed by atoms with Gasteiger partial charge in [0.15, 0.2) is 5.78 Å². The van der Waals surface area contributed by atoms with Crippen LogP contribution in [0.1, 0.15) is 32.6 Å². The van der Waals surface area contributed by atoms with Crippen LogP contribution < -0.4 is 5.73 Å². The van der Waals surface area contributed by atoms with Gasteiger partial charge in [-0.15, -0.1) is 0 Å².